The van der Waals surface area contributed by atoms with Crippen molar-refractivity contribution in [2.24, 2.45) is 11.8 Å². The lowest BCUT2D eigenvalue weighted by Gasteiger charge is -2.35. The molecular weight excluding hydrogens is 360 g/mol. The van der Waals surface area contributed by atoms with Crippen LogP contribution in [0.3, 0.4) is 0 Å². The van der Waals surface area contributed by atoms with Crippen molar-refractivity contribution in [3.05, 3.63) is 28.7 Å². The van der Waals surface area contributed by atoms with Gasteiger partial charge in [-0.1, -0.05) is 12.1 Å². The number of rotatable bonds is 5. The molecule has 1 heterocycles. The second-order valence-electron chi connectivity index (χ2n) is 6.40. The quantitative estimate of drug-likeness (QED) is 0.823. The van der Waals surface area contributed by atoms with Gasteiger partial charge in [-0.15, -0.1) is 0 Å². The van der Waals surface area contributed by atoms with Crippen molar-refractivity contribution in [1.29, 1.82) is 0 Å². The average Bonchev–Trinajstić information content (AvgIpc) is 3.35. The van der Waals surface area contributed by atoms with Crippen LogP contribution < -0.4 is 5.32 Å². The van der Waals surface area contributed by atoms with E-state index >= 15 is 0 Å². The van der Waals surface area contributed by atoms with Crippen molar-refractivity contribution < 1.29 is 14.7 Å². The number of hydrogen-bond acceptors (Lipinski definition) is 3. The summed E-state index contributed by atoms with van der Waals surface area (Å²) >= 11 is 3.43. The highest BCUT2D eigenvalue weighted by Gasteiger charge is 2.41. The zero-order valence-corrected chi connectivity index (χ0v) is 14.5. The Labute approximate surface area is 144 Å². The van der Waals surface area contributed by atoms with Crippen LogP contribution in [0.2, 0.25) is 0 Å². The summed E-state index contributed by atoms with van der Waals surface area (Å²) in [6.45, 7) is 1.36. The molecule has 124 valence electrons. The van der Waals surface area contributed by atoms with E-state index in [9.17, 15) is 14.7 Å². The molecule has 6 heteroatoms. The van der Waals surface area contributed by atoms with Crippen molar-refractivity contribution in [3.8, 4) is 0 Å². The Morgan fingerprint density at radius 3 is 2.39 bits per heavy atom. The van der Waals surface area contributed by atoms with E-state index < -0.39 is 5.97 Å². The third kappa shape index (κ3) is 3.93. The maximum atomic E-state index is 12.4. The molecule has 1 unspecified atom stereocenters. The van der Waals surface area contributed by atoms with E-state index in [0.717, 1.165) is 23.0 Å². The molecule has 1 aliphatic carbocycles. The molecule has 0 bridgehead atoms. The smallest absolute Gasteiger partial charge is 0.321 e. The molecule has 0 aromatic heterocycles. The summed E-state index contributed by atoms with van der Waals surface area (Å²) in [5, 5.41) is 12.4. The first-order chi connectivity index (χ1) is 11.1. The second-order valence-corrected chi connectivity index (χ2v) is 7.25. The van der Waals surface area contributed by atoms with Crippen molar-refractivity contribution in [2.45, 2.75) is 31.7 Å². The van der Waals surface area contributed by atoms with Crippen LogP contribution in [0.1, 0.15) is 25.7 Å². The summed E-state index contributed by atoms with van der Waals surface area (Å²) in [7, 11) is 0. The number of aliphatic carboxylic acids is 1. The number of carbonyl (C=O) groups excluding carboxylic acids is 1. The van der Waals surface area contributed by atoms with Gasteiger partial charge in [-0.25, -0.2) is 0 Å². The Balaban J connectivity index is 1.55. The molecule has 2 N–H and O–H groups in total. The van der Waals surface area contributed by atoms with E-state index in [4.69, 9.17) is 0 Å². The topological polar surface area (TPSA) is 69.6 Å². The van der Waals surface area contributed by atoms with Gasteiger partial charge >= 0.3 is 5.97 Å². The van der Waals surface area contributed by atoms with E-state index in [-0.39, 0.29) is 17.9 Å². The molecular formula is C17H21BrN2O3. The predicted molar refractivity (Wildman–Crippen MR) is 91.2 cm³/mol. The predicted octanol–water partition coefficient (Wildman–Crippen LogP) is 2.96. The first-order valence-corrected chi connectivity index (χ1v) is 8.88. The number of benzene rings is 1. The Morgan fingerprint density at radius 1 is 1.17 bits per heavy atom. The summed E-state index contributed by atoms with van der Waals surface area (Å²) in [5.41, 5.74) is 0.779. The Kier molecular flexibility index (Phi) is 5.02. The SMILES string of the molecule is O=C(Nc1ccccc1Br)C1CCN(C(C(=O)O)C2CC2)CC1. The number of piperidine rings is 1. The molecule has 1 atom stereocenters. The summed E-state index contributed by atoms with van der Waals surface area (Å²) < 4.78 is 0.866. The van der Waals surface area contributed by atoms with Crippen LogP contribution in [-0.4, -0.2) is 41.0 Å². The van der Waals surface area contributed by atoms with Crippen LogP contribution in [0.4, 0.5) is 5.69 Å². The molecule has 1 aromatic carbocycles. The number of carboxylic acid groups (broad SMARTS) is 1. The third-order valence-corrected chi connectivity index (χ3v) is 5.44. The van der Waals surface area contributed by atoms with Crippen LogP contribution in [0.25, 0.3) is 0 Å². The lowest BCUT2D eigenvalue weighted by Crippen LogP contribution is -2.48. The average molecular weight is 381 g/mol. The molecule has 5 nitrogen and oxygen atoms in total. The van der Waals surface area contributed by atoms with Gasteiger partial charge in [0.05, 0.1) is 5.69 Å². The number of halogens is 1. The zero-order valence-electron chi connectivity index (χ0n) is 12.9. The Bertz CT molecular complexity index is 595. The highest BCUT2D eigenvalue weighted by atomic mass is 79.9. The minimum absolute atomic E-state index is 0.0230. The van der Waals surface area contributed by atoms with Crippen LogP contribution in [0.5, 0.6) is 0 Å². The molecule has 1 aliphatic heterocycles. The molecule has 2 fully saturated rings. The lowest BCUT2D eigenvalue weighted by atomic mass is 9.94. The normalized spacial score (nSPS) is 20.9. The molecule has 1 saturated carbocycles. The Hall–Kier alpha value is -1.40. The van der Waals surface area contributed by atoms with Crippen molar-refractivity contribution in [1.82, 2.24) is 4.90 Å². The van der Waals surface area contributed by atoms with Crippen LogP contribution in [-0.2, 0) is 9.59 Å². The first kappa shape index (κ1) is 16.5. The number of nitrogens with one attached hydrogen (secondary N) is 1. The number of para-hydroxylation sites is 1. The molecule has 3 rings (SSSR count). The zero-order chi connectivity index (χ0) is 16.4. The monoisotopic (exact) mass is 380 g/mol. The number of hydrogen-bond donors (Lipinski definition) is 2. The maximum Gasteiger partial charge on any atom is 0.321 e. The highest BCUT2D eigenvalue weighted by Crippen LogP contribution is 2.37. The molecule has 1 amide bonds. The fourth-order valence-corrected chi connectivity index (χ4v) is 3.69. The fraction of sp³-hybridized carbons (Fsp3) is 0.529. The van der Waals surface area contributed by atoms with Crippen molar-refractivity contribution in [2.75, 3.05) is 18.4 Å². The van der Waals surface area contributed by atoms with Gasteiger partial charge in [-0.05, 0) is 72.8 Å². The standard InChI is InChI=1S/C17H21BrN2O3/c18-13-3-1-2-4-14(13)19-16(21)12-7-9-20(10-8-12)15(17(22)23)11-5-6-11/h1-4,11-12,15H,5-10H2,(H,19,21)(H,22,23). The van der Waals surface area contributed by atoms with E-state index in [0.29, 0.717) is 31.8 Å². The Morgan fingerprint density at radius 2 is 1.83 bits per heavy atom. The summed E-state index contributed by atoms with van der Waals surface area (Å²) in [5.74, 6) is -0.441. The van der Waals surface area contributed by atoms with Gasteiger partial charge in [0.15, 0.2) is 0 Å². The summed E-state index contributed by atoms with van der Waals surface area (Å²) in [6.07, 6.45) is 3.46. The number of nitrogens with zero attached hydrogens (tertiary/aromatic N) is 1. The van der Waals surface area contributed by atoms with Gasteiger partial charge in [-0.3, -0.25) is 14.5 Å². The van der Waals surface area contributed by atoms with Crippen LogP contribution in [0.15, 0.2) is 28.7 Å². The van der Waals surface area contributed by atoms with Crippen LogP contribution in [0, 0.1) is 11.8 Å². The van der Waals surface area contributed by atoms with Crippen molar-refractivity contribution in [3.63, 3.8) is 0 Å². The first-order valence-electron chi connectivity index (χ1n) is 8.08. The summed E-state index contributed by atoms with van der Waals surface area (Å²) in [6, 6.07) is 7.19. The minimum Gasteiger partial charge on any atom is -0.480 e. The molecule has 1 aromatic rings. The number of anilines is 1. The van der Waals surface area contributed by atoms with Gasteiger partial charge in [0.25, 0.3) is 0 Å². The lowest BCUT2D eigenvalue weighted by molar-refractivity contribution is -0.145. The minimum atomic E-state index is -0.719. The molecule has 0 spiro atoms. The van der Waals surface area contributed by atoms with Crippen LogP contribution >= 0.6 is 15.9 Å². The van der Waals surface area contributed by atoms with Gasteiger partial charge in [0.1, 0.15) is 6.04 Å². The van der Waals surface area contributed by atoms with Crippen molar-refractivity contribution >= 4 is 33.5 Å². The molecule has 0 radical (unpaired) electrons. The number of carbonyl (C=O) groups is 2. The largest absolute Gasteiger partial charge is 0.480 e. The van der Waals surface area contributed by atoms with Gasteiger partial charge < -0.3 is 10.4 Å². The number of amides is 1. The van der Waals surface area contributed by atoms with E-state index in [1.807, 2.05) is 29.2 Å². The molecule has 23 heavy (non-hydrogen) atoms. The summed E-state index contributed by atoms with van der Waals surface area (Å²) in [4.78, 5) is 25.9. The second kappa shape index (κ2) is 7.01. The number of carboxylic acids is 1. The third-order valence-electron chi connectivity index (χ3n) is 4.75. The van der Waals surface area contributed by atoms with Gasteiger partial charge in [0, 0.05) is 10.4 Å². The van der Waals surface area contributed by atoms with E-state index in [2.05, 4.69) is 21.2 Å². The van der Waals surface area contributed by atoms with Gasteiger partial charge in [-0.2, -0.15) is 0 Å². The van der Waals surface area contributed by atoms with Gasteiger partial charge in [0.2, 0.25) is 5.91 Å². The highest BCUT2D eigenvalue weighted by molar-refractivity contribution is 9.10. The molecule has 1 saturated heterocycles. The fourth-order valence-electron chi connectivity index (χ4n) is 3.31. The maximum absolute atomic E-state index is 12.4. The van der Waals surface area contributed by atoms with E-state index in [1.54, 1.807) is 0 Å². The number of likely N-dealkylation sites (tertiary alicyclic amines) is 1. The molecule has 2 aliphatic rings. The van der Waals surface area contributed by atoms with E-state index in [1.165, 1.54) is 0 Å².